The fourth-order valence-electron chi connectivity index (χ4n) is 3.20. The third-order valence-electron chi connectivity index (χ3n) is 4.79. The fourth-order valence-corrected chi connectivity index (χ4v) is 3.20. The van der Waals surface area contributed by atoms with E-state index in [1.54, 1.807) is 0 Å². The standard InChI is InChI=1S/C25H28NO3/c1-19-7-11-22(12-8-19)24(26-15-17-28-18-16-26)5-4-6-25(29-21(3)27)23-13-9-20(2)10-14-23/h4-14H,15-18H2,1-3H3/q+1/b5-4+,25-6+. The van der Waals surface area contributed by atoms with Crippen LogP contribution in [0.4, 0.5) is 0 Å². The van der Waals surface area contributed by atoms with Crippen LogP contribution in [0.3, 0.4) is 0 Å². The topological polar surface area (TPSA) is 38.5 Å². The van der Waals surface area contributed by atoms with Crippen molar-refractivity contribution in [2.75, 3.05) is 26.3 Å². The maximum Gasteiger partial charge on any atom is 0.308 e. The minimum absolute atomic E-state index is 0.332. The zero-order valence-corrected chi connectivity index (χ0v) is 17.4. The molecule has 3 rings (SSSR count). The molecule has 4 heteroatoms. The van der Waals surface area contributed by atoms with Gasteiger partial charge in [0.15, 0.2) is 13.1 Å². The van der Waals surface area contributed by atoms with Gasteiger partial charge in [-0.05, 0) is 32.1 Å². The molecule has 4 nitrogen and oxygen atoms in total. The summed E-state index contributed by atoms with van der Waals surface area (Å²) in [5.74, 6) is 0.208. The Morgan fingerprint density at radius 3 is 2.03 bits per heavy atom. The van der Waals surface area contributed by atoms with Gasteiger partial charge >= 0.3 is 5.97 Å². The number of rotatable bonds is 5. The van der Waals surface area contributed by atoms with Crippen molar-refractivity contribution in [2.45, 2.75) is 20.8 Å². The van der Waals surface area contributed by atoms with E-state index in [0.29, 0.717) is 5.76 Å². The lowest BCUT2D eigenvalue weighted by Crippen LogP contribution is -2.33. The van der Waals surface area contributed by atoms with Crippen molar-refractivity contribution >= 4 is 17.4 Å². The zero-order valence-electron chi connectivity index (χ0n) is 17.4. The Bertz CT molecular complexity index is 927. The van der Waals surface area contributed by atoms with E-state index >= 15 is 0 Å². The molecule has 1 aliphatic rings. The van der Waals surface area contributed by atoms with Crippen LogP contribution in [0.5, 0.6) is 0 Å². The zero-order chi connectivity index (χ0) is 20.6. The van der Waals surface area contributed by atoms with Gasteiger partial charge < -0.3 is 9.47 Å². The smallest absolute Gasteiger partial charge is 0.308 e. The van der Waals surface area contributed by atoms with E-state index < -0.39 is 0 Å². The first kappa shape index (κ1) is 20.7. The van der Waals surface area contributed by atoms with Gasteiger partial charge in [-0.1, -0.05) is 53.6 Å². The molecule has 0 atom stereocenters. The molecule has 0 bridgehead atoms. The molecule has 1 fully saturated rings. The molecule has 1 heterocycles. The van der Waals surface area contributed by atoms with E-state index in [1.165, 1.54) is 12.5 Å². The first-order chi connectivity index (χ1) is 14.0. The summed E-state index contributed by atoms with van der Waals surface area (Å²) in [6, 6.07) is 16.5. The van der Waals surface area contributed by atoms with Gasteiger partial charge in [0, 0.05) is 24.1 Å². The molecule has 150 valence electrons. The van der Waals surface area contributed by atoms with Crippen LogP contribution < -0.4 is 0 Å². The van der Waals surface area contributed by atoms with Crippen molar-refractivity contribution in [1.82, 2.24) is 0 Å². The lowest BCUT2D eigenvalue weighted by atomic mass is 10.1. The Labute approximate surface area is 172 Å². The summed E-state index contributed by atoms with van der Waals surface area (Å²) in [6.45, 7) is 8.69. The van der Waals surface area contributed by atoms with Crippen molar-refractivity contribution in [3.05, 3.63) is 89.0 Å². The maximum atomic E-state index is 11.6. The highest BCUT2D eigenvalue weighted by atomic mass is 16.5. The number of carbonyl (C=O) groups is 1. The largest absolute Gasteiger partial charge is 0.426 e. The summed E-state index contributed by atoms with van der Waals surface area (Å²) < 4.78 is 13.3. The summed E-state index contributed by atoms with van der Waals surface area (Å²) in [5, 5.41) is 0. The van der Waals surface area contributed by atoms with E-state index in [9.17, 15) is 4.79 Å². The number of aryl methyl sites for hydroxylation is 2. The molecule has 0 amide bonds. The molecule has 29 heavy (non-hydrogen) atoms. The number of esters is 1. The first-order valence-corrected chi connectivity index (χ1v) is 9.93. The Morgan fingerprint density at radius 2 is 1.48 bits per heavy atom. The predicted octanol–water partition coefficient (Wildman–Crippen LogP) is 4.30. The number of allylic oxidation sites excluding steroid dienone is 3. The van der Waals surface area contributed by atoms with Gasteiger partial charge in [-0.2, -0.15) is 0 Å². The molecule has 0 spiro atoms. The molecule has 0 aromatic heterocycles. The predicted molar refractivity (Wildman–Crippen MR) is 116 cm³/mol. The molecule has 0 saturated carbocycles. The second-order valence-electron chi connectivity index (χ2n) is 7.20. The van der Waals surface area contributed by atoms with Crippen LogP contribution in [0.1, 0.15) is 29.2 Å². The number of benzene rings is 2. The van der Waals surface area contributed by atoms with Gasteiger partial charge in [0.1, 0.15) is 19.0 Å². The molecule has 0 radical (unpaired) electrons. The second-order valence-corrected chi connectivity index (χ2v) is 7.20. The van der Waals surface area contributed by atoms with Gasteiger partial charge in [-0.3, -0.25) is 4.79 Å². The normalized spacial score (nSPS) is 14.9. The fraction of sp³-hybridized carbons (Fsp3) is 0.280. The highest BCUT2D eigenvalue weighted by molar-refractivity contribution is 6.05. The van der Waals surface area contributed by atoms with Crippen molar-refractivity contribution in [3.63, 3.8) is 0 Å². The van der Waals surface area contributed by atoms with Gasteiger partial charge in [-0.25, -0.2) is 4.58 Å². The Balaban J connectivity index is 1.94. The van der Waals surface area contributed by atoms with Crippen molar-refractivity contribution in [3.8, 4) is 0 Å². The molecule has 1 aliphatic heterocycles. The molecule has 0 N–H and O–H groups in total. The molecular weight excluding hydrogens is 362 g/mol. The third kappa shape index (κ3) is 6.00. The molecular formula is C25H28NO3+. The minimum atomic E-state index is -0.332. The summed E-state index contributed by atoms with van der Waals surface area (Å²) in [4.78, 5) is 11.6. The molecule has 2 aromatic carbocycles. The van der Waals surface area contributed by atoms with E-state index in [4.69, 9.17) is 9.47 Å². The van der Waals surface area contributed by atoms with Crippen molar-refractivity contribution in [1.29, 1.82) is 0 Å². The molecule has 1 saturated heterocycles. The average molecular weight is 391 g/mol. The number of ether oxygens (including phenoxy) is 2. The molecule has 2 aromatic rings. The number of morpholine rings is 1. The molecule has 0 aliphatic carbocycles. The van der Waals surface area contributed by atoms with Gasteiger partial charge in [0.2, 0.25) is 5.71 Å². The van der Waals surface area contributed by atoms with Crippen LogP contribution in [0.2, 0.25) is 0 Å². The van der Waals surface area contributed by atoms with Crippen molar-refractivity contribution in [2.24, 2.45) is 0 Å². The summed E-state index contributed by atoms with van der Waals surface area (Å²) in [6.07, 6.45) is 5.87. The van der Waals surface area contributed by atoms with Gasteiger partial charge in [0.05, 0.1) is 0 Å². The van der Waals surface area contributed by atoms with E-state index in [1.807, 2.05) is 43.3 Å². The first-order valence-electron chi connectivity index (χ1n) is 9.93. The molecule has 0 unspecified atom stereocenters. The third-order valence-corrected chi connectivity index (χ3v) is 4.79. The number of hydrogen-bond donors (Lipinski definition) is 0. The maximum absolute atomic E-state index is 11.6. The SMILES string of the molecule is CC(=O)O/C(=C/C=C/C(c1ccc(C)cc1)=[N+]1CCOCC1)c1ccc(C)cc1. The van der Waals surface area contributed by atoms with Gasteiger partial charge in [-0.15, -0.1) is 0 Å². The minimum Gasteiger partial charge on any atom is -0.426 e. The Hall–Kier alpha value is -2.98. The summed E-state index contributed by atoms with van der Waals surface area (Å²) in [5.41, 5.74) is 5.56. The van der Waals surface area contributed by atoms with Crippen molar-refractivity contribution < 1.29 is 18.8 Å². The summed E-state index contributed by atoms with van der Waals surface area (Å²) >= 11 is 0. The van der Waals surface area contributed by atoms with E-state index in [-0.39, 0.29) is 5.97 Å². The van der Waals surface area contributed by atoms with Crippen LogP contribution >= 0.6 is 0 Å². The average Bonchev–Trinajstić information content (AvgIpc) is 2.72. The second kappa shape index (κ2) is 9.99. The lowest BCUT2D eigenvalue weighted by Gasteiger charge is -2.14. The summed E-state index contributed by atoms with van der Waals surface area (Å²) in [7, 11) is 0. The lowest BCUT2D eigenvalue weighted by molar-refractivity contribution is -0.548. The highest BCUT2D eigenvalue weighted by Gasteiger charge is 2.18. The Morgan fingerprint density at radius 1 is 0.931 bits per heavy atom. The quantitative estimate of drug-likeness (QED) is 0.331. The number of nitrogens with zero attached hydrogens (tertiary/aromatic N) is 1. The van der Waals surface area contributed by atoms with E-state index in [2.05, 4.69) is 41.8 Å². The Kier molecular flexibility index (Phi) is 7.14. The van der Waals surface area contributed by atoms with E-state index in [0.717, 1.165) is 48.7 Å². The van der Waals surface area contributed by atoms with Gasteiger partial charge in [0.25, 0.3) is 0 Å². The number of hydrogen-bond acceptors (Lipinski definition) is 3. The van der Waals surface area contributed by atoms with Crippen LogP contribution in [0.25, 0.3) is 5.76 Å². The number of carbonyl (C=O) groups excluding carboxylic acids is 1. The van der Waals surface area contributed by atoms with Crippen LogP contribution in [0.15, 0.2) is 66.8 Å². The highest BCUT2D eigenvalue weighted by Crippen LogP contribution is 2.17. The van der Waals surface area contributed by atoms with Crippen LogP contribution in [-0.4, -0.2) is 42.6 Å². The van der Waals surface area contributed by atoms with Crippen LogP contribution in [0, 0.1) is 13.8 Å². The monoisotopic (exact) mass is 390 g/mol. The van der Waals surface area contributed by atoms with Crippen LogP contribution in [-0.2, 0) is 14.3 Å².